The number of hydrogen-bond donors (Lipinski definition) is 1. The average molecular weight is 929 g/mol. The number of rotatable bonds is 18. The Morgan fingerprint density at radius 3 is 2.53 bits per heavy atom. The minimum atomic E-state index is -1.29. The Kier molecular flexibility index (Phi) is 13.9. The minimum absolute atomic E-state index is 0.0102. The zero-order valence-electron chi connectivity index (χ0n) is 37.0. The lowest BCUT2D eigenvalue weighted by molar-refractivity contribution is -0.145. The van der Waals surface area contributed by atoms with Crippen LogP contribution >= 0.6 is 23.1 Å². The predicted molar refractivity (Wildman–Crippen MR) is 253 cm³/mol. The fourth-order valence-corrected chi connectivity index (χ4v) is 9.04. The number of carboxylic acid groups (broad SMARTS) is 1. The zero-order chi connectivity index (χ0) is 45.6. The SMILES string of the molecule is COc1cccc(Oc2ccc(-c3nccc(COc4ccccc4C[C@@H](Oc4nsc5cnc(C6CCC6)c(-c6ccc(OCCN7CCN(C)CC7)c(Cl)c6C)c45)C(=O)O)n3)cn2)c1. The molecule has 340 valence electrons. The second kappa shape index (κ2) is 20.4. The van der Waals surface area contributed by atoms with Gasteiger partial charge in [0.15, 0.2) is 5.82 Å². The van der Waals surface area contributed by atoms with E-state index in [9.17, 15) is 9.90 Å². The summed E-state index contributed by atoms with van der Waals surface area (Å²) in [5.41, 5.74) is 5.51. The maximum atomic E-state index is 13.0. The highest BCUT2D eigenvalue weighted by Crippen LogP contribution is 2.48. The number of fused-ring (bicyclic) bond motifs is 1. The number of hydrogen-bond acceptors (Lipinski definition) is 14. The van der Waals surface area contributed by atoms with Gasteiger partial charge in [0.05, 0.1) is 33.6 Å². The molecule has 3 aromatic carbocycles. The van der Waals surface area contributed by atoms with Crippen LogP contribution in [0.5, 0.6) is 34.8 Å². The van der Waals surface area contributed by atoms with Crippen LogP contribution in [0.1, 0.15) is 47.7 Å². The van der Waals surface area contributed by atoms with E-state index in [-0.39, 0.29) is 24.8 Å². The summed E-state index contributed by atoms with van der Waals surface area (Å²) in [7, 11) is 3.75. The van der Waals surface area contributed by atoms with Crippen molar-refractivity contribution in [3.63, 3.8) is 0 Å². The Bertz CT molecular complexity index is 2820. The third-order valence-electron chi connectivity index (χ3n) is 12.1. The molecule has 7 aromatic rings. The number of pyridine rings is 2. The van der Waals surface area contributed by atoms with E-state index < -0.39 is 12.1 Å². The number of benzene rings is 3. The number of halogens is 1. The number of aliphatic carboxylic acids is 1. The quantitative estimate of drug-likeness (QED) is 0.0869. The van der Waals surface area contributed by atoms with Gasteiger partial charge in [-0.1, -0.05) is 48.4 Å². The van der Waals surface area contributed by atoms with Gasteiger partial charge in [-0.05, 0) is 91.4 Å². The van der Waals surface area contributed by atoms with Crippen LogP contribution in [0.25, 0.3) is 32.6 Å². The number of nitrogens with zero attached hydrogens (tertiary/aromatic N) is 7. The topological polar surface area (TPSA) is 154 Å². The fraction of sp³-hybridized carbons (Fsp3) is 0.320. The molecule has 5 heterocycles. The van der Waals surface area contributed by atoms with Crippen molar-refractivity contribution in [1.82, 2.24) is 34.1 Å². The number of ether oxygens (including phenoxy) is 5. The van der Waals surface area contributed by atoms with Gasteiger partial charge in [0, 0.05) is 86.9 Å². The summed E-state index contributed by atoms with van der Waals surface area (Å²) < 4.78 is 35.7. The number of carbonyl (C=O) groups is 1. The summed E-state index contributed by atoms with van der Waals surface area (Å²) in [6.07, 6.45) is 6.99. The van der Waals surface area contributed by atoms with E-state index in [4.69, 9.17) is 49.6 Å². The molecule has 0 unspecified atom stereocenters. The summed E-state index contributed by atoms with van der Waals surface area (Å²) in [5, 5.41) is 11.9. The molecule has 0 spiro atoms. The predicted octanol–water partition coefficient (Wildman–Crippen LogP) is 9.52. The van der Waals surface area contributed by atoms with Gasteiger partial charge in [0.25, 0.3) is 0 Å². The van der Waals surface area contributed by atoms with Gasteiger partial charge in [0.1, 0.15) is 36.2 Å². The molecule has 4 aromatic heterocycles. The normalized spacial score (nSPS) is 15.0. The van der Waals surface area contributed by atoms with E-state index in [1.54, 1.807) is 43.8 Å². The molecule has 14 nitrogen and oxygen atoms in total. The summed E-state index contributed by atoms with van der Waals surface area (Å²) in [6, 6.07) is 23.9. The third kappa shape index (κ3) is 10.2. The standard InChI is InChI=1S/C50H50ClN7O7S/c1-31-38(15-16-40(46(31)51)62-25-24-58-22-20-57(2)21-23-58)44-45-42(29-54-47(44)32-9-6-10-32)66-56-49(45)65-41(50(59)60)26-33-8-4-5-13-39(33)63-30-35-18-19-52-48(55-35)34-14-17-43(53-28-34)64-37-12-7-11-36(27-37)61-3/h4-5,7-8,11-19,27-29,32,41H,6,9-10,20-26,30H2,1-3H3,(H,59,60)/t41-/m1/s1. The highest BCUT2D eigenvalue weighted by atomic mass is 35.5. The number of carboxylic acids is 1. The van der Waals surface area contributed by atoms with Crippen LogP contribution in [-0.2, 0) is 17.8 Å². The van der Waals surface area contributed by atoms with E-state index in [0.717, 1.165) is 84.5 Å². The number of piperazine rings is 1. The van der Waals surface area contributed by atoms with Crippen LogP contribution in [0.4, 0.5) is 0 Å². The van der Waals surface area contributed by atoms with Crippen LogP contribution in [0, 0.1) is 6.92 Å². The molecule has 9 rings (SSSR count). The van der Waals surface area contributed by atoms with Crippen LogP contribution in [-0.4, -0.2) is 105 Å². The second-order valence-electron chi connectivity index (χ2n) is 16.5. The average Bonchev–Trinajstić information content (AvgIpc) is 3.73. The minimum Gasteiger partial charge on any atom is -0.497 e. The van der Waals surface area contributed by atoms with Crippen molar-refractivity contribution in [3.8, 4) is 57.3 Å². The molecule has 1 saturated heterocycles. The van der Waals surface area contributed by atoms with Crippen LogP contribution < -0.4 is 23.7 Å². The van der Waals surface area contributed by atoms with E-state index in [1.165, 1.54) is 11.5 Å². The van der Waals surface area contributed by atoms with Crippen LogP contribution in [0.15, 0.2) is 97.5 Å². The number of aromatic nitrogens is 5. The van der Waals surface area contributed by atoms with Crippen LogP contribution in [0.3, 0.4) is 0 Å². The van der Waals surface area contributed by atoms with E-state index in [1.807, 2.05) is 67.7 Å². The van der Waals surface area contributed by atoms with Crippen molar-refractivity contribution in [2.45, 2.75) is 51.2 Å². The number of methoxy groups -OCH3 is 1. The smallest absolute Gasteiger partial charge is 0.345 e. The first kappa shape index (κ1) is 44.8. The first-order valence-electron chi connectivity index (χ1n) is 22.0. The lowest BCUT2D eigenvalue weighted by atomic mass is 9.79. The van der Waals surface area contributed by atoms with Crippen molar-refractivity contribution in [2.24, 2.45) is 0 Å². The molecule has 1 N–H and O–H groups in total. The highest BCUT2D eigenvalue weighted by molar-refractivity contribution is 7.13. The highest BCUT2D eigenvalue weighted by Gasteiger charge is 2.31. The van der Waals surface area contributed by atoms with Gasteiger partial charge >= 0.3 is 5.97 Å². The zero-order valence-corrected chi connectivity index (χ0v) is 38.6. The Hall–Kier alpha value is -6.39. The summed E-state index contributed by atoms with van der Waals surface area (Å²) in [5.74, 6) is 2.65. The molecule has 0 bridgehead atoms. The fourth-order valence-electron chi connectivity index (χ4n) is 8.12. The van der Waals surface area contributed by atoms with Crippen LogP contribution in [0.2, 0.25) is 5.02 Å². The molecule has 1 aliphatic heterocycles. The van der Waals surface area contributed by atoms with Gasteiger partial charge in [-0.2, -0.15) is 4.37 Å². The summed E-state index contributed by atoms with van der Waals surface area (Å²) >= 11 is 8.31. The summed E-state index contributed by atoms with van der Waals surface area (Å²) in [4.78, 5) is 36.4. The Labute approximate surface area is 392 Å². The molecule has 0 radical (unpaired) electrons. The number of para-hydroxylation sites is 1. The van der Waals surface area contributed by atoms with Crippen molar-refractivity contribution in [3.05, 3.63) is 125 Å². The summed E-state index contributed by atoms with van der Waals surface area (Å²) in [6.45, 7) is 7.56. The molecule has 2 fully saturated rings. The lowest BCUT2D eigenvalue weighted by Crippen LogP contribution is -2.45. The third-order valence-corrected chi connectivity index (χ3v) is 13.4. The maximum absolute atomic E-state index is 13.0. The molecule has 2 aliphatic rings. The Morgan fingerprint density at radius 2 is 1.76 bits per heavy atom. The van der Waals surface area contributed by atoms with Crippen molar-refractivity contribution in [2.75, 3.05) is 53.5 Å². The second-order valence-corrected chi connectivity index (χ2v) is 17.7. The first-order valence-corrected chi connectivity index (χ1v) is 23.2. The van der Waals surface area contributed by atoms with Crippen molar-refractivity contribution >= 4 is 39.2 Å². The van der Waals surface area contributed by atoms with Gasteiger partial charge < -0.3 is 33.7 Å². The van der Waals surface area contributed by atoms with E-state index in [0.29, 0.717) is 63.2 Å². The Balaban J connectivity index is 0.915. The van der Waals surface area contributed by atoms with E-state index in [2.05, 4.69) is 26.8 Å². The molecule has 0 amide bonds. The Morgan fingerprint density at radius 1 is 0.924 bits per heavy atom. The van der Waals surface area contributed by atoms with E-state index >= 15 is 0 Å². The van der Waals surface area contributed by atoms with Gasteiger partial charge in [-0.3, -0.25) is 9.88 Å². The van der Waals surface area contributed by atoms with Gasteiger partial charge in [-0.25, -0.2) is 19.7 Å². The first-order chi connectivity index (χ1) is 32.2. The molecule has 16 heteroatoms. The van der Waals surface area contributed by atoms with Crippen molar-refractivity contribution < 1.29 is 33.6 Å². The number of likely N-dealkylation sites (N-methyl/N-ethyl adjacent to an activating group) is 1. The molecule has 1 saturated carbocycles. The van der Waals surface area contributed by atoms with Gasteiger partial charge in [-0.15, -0.1) is 0 Å². The molecular weight excluding hydrogens is 878 g/mol. The van der Waals surface area contributed by atoms with Crippen molar-refractivity contribution in [1.29, 1.82) is 0 Å². The lowest BCUT2D eigenvalue weighted by Gasteiger charge is -2.32. The molecule has 66 heavy (non-hydrogen) atoms. The molecular formula is C50H50ClN7O7S. The van der Waals surface area contributed by atoms with Gasteiger partial charge in [0.2, 0.25) is 17.9 Å². The molecule has 1 atom stereocenters. The maximum Gasteiger partial charge on any atom is 0.345 e. The monoisotopic (exact) mass is 927 g/mol. The molecule has 1 aliphatic carbocycles. The largest absolute Gasteiger partial charge is 0.497 e.